The minimum absolute atomic E-state index is 0.0151. The average Bonchev–Trinajstić information content (AvgIpc) is 3.13. The van der Waals surface area contributed by atoms with Crippen LogP contribution in [0, 0.1) is 0 Å². The van der Waals surface area contributed by atoms with E-state index in [1.54, 1.807) is 27.9 Å². The predicted octanol–water partition coefficient (Wildman–Crippen LogP) is 1.32. The third-order valence-electron chi connectivity index (χ3n) is 7.30. The third kappa shape index (κ3) is 3.20. The number of allylic oxidation sites excluding steroid dienone is 1. The van der Waals surface area contributed by atoms with Crippen molar-refractivity contribution >= 4 is 17.5 Å². The lowest BCUT2D eigenvalue weighted by Crippen LogP contribution is -2.53. The second-order valence-corrected chi connectivity index (χ2v) is 9.59. The molecule has 3 N–H and O–H groups in total. The summed E-state index contributed by atoms with van der Waals surface area (Å²) in [5.74, 6) is -2.79. The van der Waals surface area contributed by atoms with Gasteiger partial charge in [-0.3, -0.25) is 14.4 Å². The number of hydrogen-bond acceptors (Lipinski definition) is 10. The van der Waals surface area contributed by atoms with Crippen molar-refractivity contribution in [3.05, 3.63) is 33.9 Å². The molecule has 5 rings (SSSR count). The van der Waals surface area contributed by atoms with Gasteiger partial charge in [0.05, 0.1) is 42.0 Å². The average molecular weight is 473 g/mol. The highest BCUT2D eigenvalue weighted by molar-refractivity contribution is 6.27. The first-order valence-electron chi connectivity index (χ1n) is 11.3. The first kappa shape index (κ1) is 23.0. The summed E-state index contributed by atoms with van der Waals surface area (Å²) in [5, 5.41) is 32.8. The second-order valence-electron chi connectivity index (χ2n) is 9.59. The van der Waals surface area contributed by atoms with Gasteiger partial charge in [-0.15, -0.1) is 0 Å². The number of phenols is 2. The van der Waals surface area contributed by atoms with Gasteiger partial charge in [0, 0.05) is 22.7 Å². The van der Waals surface area contributed by atoms with Crippen molar-refractivity contribution in [3.8, 4) is 11.5 Å². The molecule has 2 saturated heterocycles. The fourth-order valence-corrected chi connectivity index (χ4v) is 5.60. The number of carbonyl (C=O) groups is 3. The zero-order chi connectivity index (χ0) is 24.6. The molecule has 10 nitrogen and oxygen atoms in total. The summed E-state index contributed by atoms with van der Waals surface area (Å²) in [7, 11) is 3.61. The molecule has 0 spiro atoms. The van der Waals surface area contributed by atoms with Crippen LogP contribution in [0.4, 0.5) is 0 Å². The largest absolute Gasteiger partial charge is 0.507 e. The summed E-state index contributed by atoms with van der Waals surface area (Å²) in [6.07, 6.45) is -3.19. The van der Waals surface area contributed by atoms with Gasteiger partial charge in [-0.05, 0) is 40.4 Å². The van der Waals surface area contributed by atoms with Crippen molar-refractivity contribution in [2.45, 2.75) is 69.4 Å². The van der Waals surface area contributed by atoms with Crippen molar-refractivity contribution in [1.29, 1.82) is 0 Å². The van der Waals surface area contributed by atoms with Gasteiger partial charge in [0.15, 0.2) is 17.7 Å². The quantitative estimate of drug-likeness (QED) is 0.425. The summed E-state index contributed by atoms with van der Waals surface area (Å²) >= 11 is 0. The molecule has 3 aliphatic heterocycles. The number of aliphatic hydroxyl groups excluding tert-OH is 1. The summed E-state index contributed by atoms with van der Waals surface area (Å²) < 4.78 is 17.0. The molecule has 1 aromatic carbocycles. The van der Waals surface area contributed by atoms with Crippen LogP contribution in [-0.4, -0.2) is 82.3 Å². The van der Waals surface area contributed by atoms with Gasteiger partial charge in [-0.1, -0.05) is 0 Å². The minimum Gasteiger partial charge on any atom is -0.507 e. The van der Waals surface area contributed by atoms with Crippen LogP contribution in [0.2, 0.25) is 0 Å². The molecule has 2 unspecified atom stereocenters. The monoisotopic (exact) mass is 473 g/mol. The van der Waals surface area contributed by atoms with Gasteiger partial charge in [0.25, 0.3) is 0 Å². The van der Waals surface area contributed by atoms with E-state index in [9.17, 15) is 29.7 Å². The normalized spacial score (nSPS) is 34.9. The Morgan fingerprint density at radius 3 is 2.35 bits per heavy atom. The number of hydrogen-bond donors (Lipinski definition) is 3. The predicted molar refractivity (Wildman–Crippen MR) is 116 cm³/mol. The van der Waals surface area contributed by atoms with E-state index in [0.717, 1.165) is 6.08 Å². The molecule has 2 fully saturated rings. The van der Waals surface area contributed by atoms with Crippen LogP contribution in [0.5, 0.6) is 11.5 Å². The lowest BCUT2D eigenvalue weighted by atomic mass is 9.78. The van der Waals surface area contributed by atoms with Crippen molar-refractivity contribution in [2.24, 2.45) is 0 Å². The molecule has 0 saturated carbocycles. The Balaban J connectivity index is 1.61. The van der Waals surface area contributed by atoms with Gasteiger partial charge in [0.2, 0.25) is 0 Å². The zero-order valence-corrected chi connectivity index (χ0v) is 19.3. The molecule has 1 aromatic rings. The smallest absolute Gasteiger partial charge is 0.309 e. The van der Waals surface area contributed by atoms with Gasteiger partial charge in [-0.25, -0.2) is 0 Å². The van der Waals surface area contributed by atoms with Crippen LogP contribution in [0.25, 0.3) is 0 Å². The highest BCUT2D eigenvalue weighted by Crippen LogP contribution is 2.53. The van der Waals surface area contributed by atoms with Gasteiger partial charge in [0.1, 0.15) is 17.6 Å². The first-order chi connectivity index (χ1) is 16.0. The number of ketones is 2. The van der Waals surface area contributed by atoms with E-state index in [1.807, 2.05) is 4.90 Å². The number of carbonyl (C=O) groups excluding carboxylic acids is 3. The fourth-order valence-electron chi connectivity index (χ4n) is 5.60. The fraction of sp³-hybridized carbons (Fsp3) is 0.542. The molecule has 0 radical (unpaired) electrons. The van der Waals surface area contributed by atoms with E-state index in [-0.39, 0.29) is 46.7 Å². The number of fused-ring (bicyclic) bond motifs is 4. The summed E-state index contributed by atoms with van der Waals surface area (Å²) in [6, 6.07) is -0.313. The molecule has 1 aliphatic carbocycles. The van der Waals surface area contributed by atoms with E-state index in [2.05, 4.69) is 0 Å². The van der Waals surface area contributed by atoms with Crippen LogP contribution >= 0.6 is 0 Å². The zero-order valence-electron chi connectivity index (χ0n) is 19.3. The number of esters is 1. The Morgan fingerprint density at radius 2 is 1.68 bits per heavy atom. The summed E-state index contributed by atoms with van der Waals surface area (Å²) in [6.45, 7) is 3.32. The van der Waals surface area contributed by atoms with Crippen molar-refractivity contribution in [1.82, 2.24) is 4.90 Å². The Kier molecular flexibility index (Phi) is 5.32. The number of aliphatic hydroxyl groups is 1. The molecule has 3 heterocycles. The highest BCUT2D eigenvalue weighted by atomic mass is 16.6. The standard InChI is InChI=1S/C24H27NO9/c1-8-16-19(24-14(32-8)7-15(27)34-24)23(31)17-12(26)5-10(21(29)18(17)22(16)30)13-6-11(25(3)4)20(28)9(2)33-13/h5,8-9,11,13-14,20,24,28,30-31H,6-7H2,1-4H3/t8-,9-,11?,13?,14-,20-,24+/m1/s1. The number of ether oxygens (including phenoxy) is 3. The molecule has 34 heavy (non-hydrogen) atoms. The van der Waals surface area contributed by atoms with Gasteiger partial charge < -0.3 is 34.4 Å². The van der Waals surface area contributed by atoms with E-state index < -0.39 is 65.7 Å². The van der Waals surface area contributed by atoms with E-state index in [4.69, 9.17) is 14.2 Å². The molecule has 7 atom stereocenters. The summed E-state index contributed by atoms with van der Waals surface area (Å²) in [4.78, 5) is 40.5. The SMILES string of the molecule is C[C@H]1O[C@@H]2CC(=O)O[C@@H]2c2c(O)c3c(c(O)c21)C(=O)C(C1CC(N(C)C)[C@H](O)[C@@H](C)O1)=CC3=O. The summed E-state index contributed by atoms with van der Waals surface area (Å²) in [5.41, 5.74) is -0.377. The lowest BCUT2D eigenvalue weighted by Gasteiger charge is -2.42. The topological polar surface area (TPSA) is 143 Å². The molecular weight excluding hydrogens is 446 g/mol. The van der Waals surface area contributed by atoms with Gasteiger partial charge in [-0.2, -0.15) is 0 Å². The van der Waals surface area contributed by atoms with Crippen molar-refractivity contribution < 1.29 is 43.9 Å². The molecule has 10 heteroatoms. The molecule has 182 valence electrons. The number of Topliss-reactive ketones (excluding diaryl/α,β-unsaturated/α-hetero) is 1. The Labute approximate surface area is 195 Å². The van der Waals surface area contributed by atoms with Crippen LogP contribution in [0.1, 0.15) is 70.7 Å². The Hall–Kier alpha value is -2.79. The lowest BCUT2D eigenvalue weighted by molar-refractivity contribution is -0.143. The molecular formula is C24H27NO9. The number of benzene rings is 1. The number of aromatic hydroxyl groups is 2. The number of rotatable bonds is 2. The van der Waals surface area contributed by atoms with Crippen LogP contribution in [0.3, 0.4) is 0 Å². The number of phenolic OH excluding ortho intramolecular Hbond substituents is 2. The molecule has 4 aliphatic rings. The van der Waals surface area contributed by atoms with E-state index in [0.29, 0.717) is 0 Å². The van der Waals surface area contributed by atoms with Crippen molar-refractivity contribution in [2.75, 3.05) is 14.1 Å². The van der Waals surface area contributed by atoms with E-state index in [1.165, 1.54) is 0 Å². The molecule has 0 aromatic heterocycles. The van der Waals surface area contributed by atoms with E-state index >= 15 is 0 Å². The molecule has 0 bridgehead atoms. The van der Waals surface area contributed by atoms with Crippen LogP contribution in [0.15, 0.2) is 11.6 Å². The third-order valence-corrected chi connectivity index (χ3v) is 7.30. The highest BCUT2D eigenvalue weighted by Gasteiger charge is 2.49. The maximum atomic E-state index is 13.6. The van der Waals surface area contributed by atoms with Crippen LogP contribution < -0.4 is 0 Å². The van der Waals surface area contributed by atoms with Gasteiger partial charge >= 0.3 is 5.97 Å². The molecule has 0 amide bonds. The maximum Gasteiger partial charge on any atom is 0.309 e. The minimum atomic E-state index is -0.979. The maximum absolute atomic E-state index is 13.6. The first-order valence-corrected chi connectivity index (χ1v) is 11.3. The Bertz CT molecular complexity index is 1140. The number of nitrogens with zero attached hydrogens (tertiary/aromatic N) is 1. The van der Waals surface area contributed by atoms with Crippen molar-refractivity contribution in [3.63, 3.8) is 0 Å². The number of likely N-dealkylation sites (N-methyl/N-ethyl adjacent to an activating group) is 1. The Morgan fingerprint density at radius 1 is 1.00 bits per heavy atom. The second kappa shape index (κ2) is 7.88. The van der Waals surface area contributed by atoms with Crippen LogP contribution in [-0.2, 0) is 19.0 Å².